The molecule has 1 aromatic carbocycles. The van der Waals surface area contributed by atoms with Gasteiger partial charge in [-0.15, -0.1) is 24.8 Å². The number of hydrogen-bond acceptors (Lipinski definition) is 3. The summed E-state index contributed by atoms with van der Waals surface area (Å²) in [6.45, 7) is 7.60. The lowest BCUT2D eigenvalue weighted by atomic mass is 9.82. The normalized spacial score (nSPS) is 31.3. The number of halogens is 2. The molecule has 2 aliphatic rings. The van der Waals surface area contributed by atoms with Crippen molar-refractivity contribution < 1.29 is 4.79 Å². The van der Waals surface area contributed by atoms with Crippen LogP contribution in [0.25, 0.3) is 0 Å². The lowest BCUT2D eigenvalue weighted by molar-refractivity contribution is -0.128. The molecule has 3 rings (SSSR count). The Hall–Kier alpha value is -0.810. The van der Waals surface area contributed by atoms with Crippen LogP contribution in [0.4, 0.5) is 0 Å². The van der Waals surface area contributed by atoms with Gasteiger partial charge in [-0.1, -0.05) is 50.6 Å². The van der Waals surface area contributed by atoms with Crippen LogP contribution >= 0.6 is 24.8 Å². The van der Waals surface area contributed by atoms with Crippen LogP contribution in [-0.2, 0) is 11.3 Å². The average molecular weight is 416 g/mol. The van der Waals surface area contributed by atoms with Crippen LogP contribution in [0.2, 0.25) is 0 Å². The van der Waals surface area contributed by atoms with Crippen molar-refractivity contribution in [3.05, 3.63) is 35.9 Å². The zero-order chi connectivity index (χ0) is 17.8. The Labute approximate surface area is 176 Å². The smallest absolute Gasteiger partial charge is 0.223 e. The monoisotopic (exact) mass is 415 g/mol. The van der Waals surface area contributed by atoms with Crippen molar-refractivity contribution in [1.82, 2.24) is 10.2 Å². The van der Waals surface area contributed by atoms with Crippen LogP contribution in [0.1, 0.15) is 45.1 Å². The summed E-state index contributed by atoms with van der Waals surface area (Å²) in [6, 6.07) is 11.1. The van der Waals surface area contributed by atoms with Crippen molar-refractivity contribution in [3.63, 3.8) is 0 Å². The maximum absolute atomic E-state index is 12.7. The molecule has 1 amide bonds. The largest absolute Gasteiger partial charge is 0.352 e. The van der Waals surface area contributed by atoms with E-state index < -0.39 is 0 Å². The first-order valence-electron chi connectivity index (χ1n) is 9.85. The van der Waals surface area contributed by atoms with Gasteiger partial charge < -0.3 is 11.1 Å². The van der Waals surface area contributed by atoms with E-state index in [0.29, 0.717) is 11.8 Å². The van der Waals surface area contributed by atoms with E-state index in [9.17, 15) is 4.79 Å². The number of nitrogens with two attached hydrogens (primary N) is 1. The van der Waals surface area contributed by atoms with E-state index in [4.69, 9.17) is 5.73 Å². The molecule has 4 atom stereocenters. The highest BCUT2D eigenvalue weighted by molar-refractivity contribution is 5.85. The molecule has 1 saturated heterocycles. The maximum atomic E-state index is 12.7. The molecule has 6 heteroatoms. The standard InChI is InChI=1S/C21H33N3O.2ClH/c1-15-12-24(14-17-7-4-3-5-8-17)13-16(2)20(15)23-21(25)18-9-6-10-19(22)11-18;;/h3-5,7-8,15-16,18-20H,6,9-14,22H2,1-2H3,(H,23,25);2*1H. The fourth-order valence-corrected chi connectivity index (χ4v) is 4.68. The fraction of sp³-hybridized carbons (Fsp3) is 0.667. The van der Waals surface area contributed by atoms with Gasteiger partial charge in [0.25, 0.3) is 0 Å². The average Bonchev–Trinajstić information content (AvgIpc) is 2.59. The fourth-order valence-electron chi connectivity index (χ4n) is 4.68. The second-order valence-corrected chi connectivity index (χ2v) is 8.29. The van der Waals surface area contributed by atoms with Gasteiger partial charge in [0.2, 0.25) is 5.91 Å². The predicted molar refractivity (Wildman–Crippen MR) is 116 cm³/mol. The van der Waals surface area contributed by atoms with E-state index in [-0.39, 0.29) is 48.7 Å². The third-order valence-electron chi connectivity index (χ3n) is 5.96. The van der Waals surface area contributed by atoms with Gasteiger partial charge >= 0.3 is 0 Å². The molecule has 27 heavy (non-hydrogen) atoms. The highest BCUT2D eigenvalue weighted by atomic mass is 35.5. The van der Waals surface area contributed by atoms with Gasteiger partial charge in [-0.2, -0.15) is 0 Å². The molecule has 2 fully saturated rings. The van der Waals surface area contributed by atoms with Gasteiger partial charge in [-0.05, 0) is 36.7 Å². The third-order valence-corrected chi connectivity index (χ3v) is 5.96. The third kappa shape index (κ3) is 6.63. The van der Waals surface area contributed by atoms with Gasteiger partial charge in [0.1, 0.15) is 0 Å². The molecule has 1 heterocycles. The Kier molecular flexibility index (Phi) is 10.1. The lowest BCUT2D eigenvalue weighted by Crippen LogP contribution is -2.55. The molecular formula is C21H35Cl2N3O. The van der Waals surface area contributed by atoms with Crippen molar-refractivity contribution in [2.45, 2.75) is 58.2 Å². The zero-order valence-corrected chi connectivity index (χ0v) is 18.1. The summed E-state index contributed by atoms with van der Waals surface area (Å²) in [5.74, 6) is 1.28. The first-order chi connectivity index (χ1) is 12.0. The Morgan fingerprint density at radius 1 is 1.11 bits per heavy atom. The minimum Gasteiger partial charge on any atom is -0.352 e. The Bertz CT molecular complexity index is 560. The van der Waals surface area contributed by atoms with E-state index >= 15 is 0 Å². The Morgan fingerprint density at radius 3 is 2.33 bits per heavy atom. The maximum Gasteiger partial charge on any atom is 0.223 e. The van der Waals surface area contributed by atoms with Crippen LogP contribution in [0, 0.1) is 17.8 Å². The number of rotatable bonds is 4. The molecule has 0 spiro atoms. The lowest BCUT2D eigenvalue weighted by Gasteiger charge is -2.42. The van der Waals surface area contributed by atoms with Gasteiger partial charge in [0.15, 0.2) is 0 Å². The number of carbonyl (C=O) groups is 1. The van der Waals surface area contributed by atoms with Gasteiger partial charge in [0, 0.05) is 37.6 Å². The summed E-state index contributed by atoms with van der Waals surface area (Å²) in [5, 5.41) is 3.37. The number of nitrogens with zero attached hydrogens (tertiary/aromatic N) is 1. The molecule has 3 N–H and O–H groups in total. The van der Waals surface area contributed by atoms with E-state index in [0.717, 1.165) is 45.3 Å². The molecule has 4 unspecified atom stereocenters. The van der Waals surface area contributed by atoms with E-state index in [1.807, 2.05) is 0 Å². The van der Waals surface area contributed by atoms with Crippen LogP contribution < -0.4 is 11.1 Å². The van der Waals surface area contributed by atoms with Crippen molar-refractivity contribution in [1.29, 1.82) is 0 Å². The molecule has 1 aromatic rings. The summed E-state index contributed by atoms with van der Waals surface area (Å²) < 4.78 is 0. The molecule has 0 radical (unpaired) electrons. The molecule has 1 saturated carbocycles. The number of piperidine rings is 1. The summed E-state index contributed by atoms with van der Waals surface area (Å²) in [6.07, 6.45) is 3.99. The topological polar surface area (TPSA) is 58.4 Å². The summed E-state index contributed by atoms with van der Waals surface area (Å²) >= 11 is 0. The second kappa shape index (κ2) is 11.3. The second-order valence-electron chi connectivity index (χ2n) is 8.29. The summed E-state index contributed by atoms with van der Waals surface area (Å²) in [4.78, 5) is 15.2. The number of nitrogens with one attached hydrogen (secondary N) is 1. The van der Waals surface area contributed by atoms with Gasteiger partial charge in [0.05, 0.1) is 0 Å². The quantitative estimate of drug-likeness (QED) is 0.788. The number of benzene rings is 1. The Balaban J connectivity index is 0.00000182. The van der Waals surface area contributed by atoms with Gasteiger partial charge in [-0.25, -0.2) is 0 Å². The van der Waals surface area contributed by atoms with Crippen molar-refractivity contribution in [3.8, 4) is 0 Å². The molecule has 0 bridgehead atoms. The van der Waals surface area contributed by atoms with Crippen LogP contribution in [0.15, 0.2) is 30.3 Å². The minimum atomic E-state index is 0. The summed E-state index contributed by atoms with van der Waals surface area (Å²) in [7, 11) is 0. The predicted octanol–water partition coefficient (Wildman–Crippen LogP) is 3.62. The number of carbonyl (C=O) groups excluding carboxylic acids is 1. The van der Waals surface area contributed by atoms with E-state index in [1.54, 1.807) is 0 Å². The first-order valence-corrected chi connectivity index (χ1v) is 9.85. The van der Waals surface area contributed by atoms with E-state index in [1.165, 1.54) is 5.56 Å². The number of hydrogen-bond donors (Lipinski definition) is 2. The number of amides is 1. The first kappa shape index (κ1) is 24.2. The van der Waals surface area contributed by atoms with Crippen molar-refractivity contribution >= 4 is 30.7 Å². The highest BCUT2D eigenvalue weighted by Crippen LogP contribution is 2.27. The van der Waals surface area contributed by atoms with Crippen LogP contribution in [0.5, 0.6) is 0 Å². The highest BCUT2D eigenvalue weighted by Gasteiger charge is 2.35. The van der Waals surface area contributed by atoms with Gasteiger partial charge in [-0.3, -0.25) is 9.69 Å². The minimum absolute atomic E-state index is 0. The molecule has 154 valence electrons. The Morgan fingerprint density at radius 2 is 1.74 bits per heavy atom. The van der Waals surface area contributed by atoms with E-state index in [2.05, 4.69) is 54.4 Å². The van der Waals surface area contributed by atoms with Crippen molar-refractivity contribution in [2.75, 3.05) is 13.1 Å². The molecule has 0 aromatic heterocycles. The number of likely N-dealkylation sites (tertiary alicyclic amines) is 1. The molecule has 4 nitrogen and oxygen atoms in total. The molecular weight excluding hydrogens is 381 g/mol. The van der Waals surface area contributed by atoms with Crippen LogP contribution in [0.3, 0.4) is 0 Å². The molecule has 1 aliphatic heterocycles. The SMILES string of the molecule is CC1CN(Cc2ccccc2)CC(C)C1NC(=O)C1CCCC(N)C1.Cl.Cl. The summed E-state index contributed by atoms with van der Waals surface area (Å²) in [5.41, 5.74) is 7.42. The molecule has 1 aliphatic carbocycles. The van der Waals surface area contributed by atoms with Crippen LogP contribution in [-0.4, -0.2) is 36.0 Å². The zero-order valence-electron chi connectivity index (χ0n) is 16.5. The van der Waals surface area contributed by atoms with Crippen molar-refractivity contribution in [2.24, 2.45) is 23.5 Å².